The molecule has 2 amide bonds. The number of amides is 2. The number of hydrogen-bond donors (Lipinski definition) is 1. The second-order valence-corrected chi connectivity index (χ2v) is 5.86. The molecule has 0 bridgehead atoms. The van der Waals surface area contributed by atoms with Gasteiger partial charge in [0, 0.05) is 32.5 Å². The molecule has 0 radical (unpaired) electrons. The van der Waals surface area contributed by atoms with E-state index in [2.05, 4.69) is 0 Å². The monoisotopic (exact) mass is 282 g/mol. The lowest BCUT2D eigenvalue weighted by molar-refractivity contribution is -0.137. The van der Waals surface area contributed by atoms with Crippen molar-refractivity contribution in [2.75, 3.05) is 26.2 Å². The average molecular weight is 282 g/mol. The average Bonchev–Trinajstić information content (AvgIpc) is 2.49. The molecule has 1 unspecified atom stereocenters. The van der Waals surface area contributed by atoms with E-state index in [0.717, 1.165) is 51.6 Å². The van der Waals surface area contributed by atoms with E-state index in [9.17, 15) is 14.7 Å². The molecule has 2 fully saturated rings. The van der Waals surface area contributed by atoms with Crippen LogP contribution in [0.1, 0.15) is 51.4 Å². The van der Waals surface area contributed by atoms with E-state index in [4.69, 9.17) is 0 Å². The minimum absolute atomic E-state index is 0.00729. The third-order valence-corrected chi connectivity index (χ3v) is 4.40. The molecule has 0 spiro atoms. The van der Waals surface area contributed by atoms with Crippen LogP contribution in [0.2, 0.25) is 0 Å². The summed E-state index contributed by atoms with van der Waals surface area (Å²) in [5.41, 5.74) is 0. The summed E-state index contributed by atoms with van der Waals surface area (Å²) in [6, 6.07) is 0.00729. The predicted molar refractivity (Wildman–Crippen MR) is 76.1 cm³/mol. The number of carbonyl (C=O) groups excluding carboxylic acids is 2. The predicted octanol–water partition coefficient (Wildman–Crippen LogP) is 1.15. The number of aliphatic hydroxyl groups is 1. The molecule has 5 nitrogen and oxygen atoms in total. The Morgan fingerprint density at radius 1 is 1.20 bits per heavy atom. The molecule has 1 N–H and O–H groups in total. The fourth-order valence-corrected chi connectivity index (χ4v) is 3.18. The van der Waals surface area contributed by atoms with Crippen molar-refractivity contribution in [1.29, 1.82) is 0 Å². The highest BCUT2D eigenvalue weighted by Gasteiger charge is 2.26. The zero-order valence-electron chi connectivity index (χ0n) is 12.2. The number of likely N-dealkylation sites (tertiary alicyclic amines) is 2. The highest BCUT2D eigenvalue weighted by molar-refractivity contribution is 5.78. The Hall–Kier alpha value is -1.10. The van der Waals surface area contributed by atoms with Crippen LogP contribution in [0.25, 0.3) is 0 Å². The minimum Gasteiger partial charge on any atom is -0.394 e. The summed E-state index contributed by atoms with van der Waals surface area (Å²) >= 11 is 0. The minimum atomic E-state index is 0.00729. The highest BCUT2D eigenvalue weighted by atomic mass is 16.3. The first kappa shape index (κ1) is 15.3. The van der Waals surface area contributed by atoms with E-state index >= 15 is 0 Å². The molecule has 2 rings (SSSR count). The molecule has 0 aromatic heterocycles. The summed E-state index contributed by atoms with van der Waals surface area (Å²) in [6.45, 7) is 2.38. The lowest BCUT2D eigenvalue weighted by atomic mass is 10.0. The summed E-state index contributed by atoms with van der Waals surface area (Å²) in [5, 5.41) is 9.33. The molecule has 2 aliphatic heterocycles. The molecule has 0 aliphatic carbocycles. The van der Waals surface area contributed by atoms with Gasteiger partial charge >= 0.3 is 0 Å². The molecule has 5 heteroatoms. The van der Waals surface area contributed by atoms with Gasteiger partial charge in [-0.15, -0.1) is 0 Å². The molecular formula is C15H26N2O3. The lowest BCUT2D eigenvalue weighted by Gasteiger charge is -2.35. The van der Waals surface area contributed by atoms with Gasteiger partial charge in [-0.25, -0.2) is 0 Å². The molecule has 0 aromatic carbocycles. The third kappa shape index (κ3) is 3.95. The Labute approximate surface area is 120 Å². The number of rotatable bonds is 5. The van der Waals surface area contributed by atoms with Gasteiger partial charge in [-0.05, 0) is 38.5 Å². The van der Waals surface area contributed by atoms with Crippen LogP contribution in [0.4, 0.5) is 0 Å². The number of aliphatic hydroxyl groups excluding tert-OH is 1. The maximum atomic E-state index is 12.2. The Morgan fingerprint density at radius 2 is 2.00 bits per heavy atom. The van der Waals surface area contributed by atoms with E-state index in [1.54, 1.807) is 0 Å². The molecule has 114 valence electrons. The summed E-state index contributed by atoms with van der Waals surface area (Å²) < 4.78 is 0. The smallest absolute Gasteiger partial charge is 0.222 e. The first-order chi connectivity index (χ1) is 9.72. The van der Waals surface area contributed by atoms with Gasteiger partial charge in [0.2, 0.25) is 11.8 Å². The van der Waals surface area contributed by atoms with Gasteiger partial charge in [0.1, 0.15) is 0 Å². The molecule has 1 atom stereocenters. The van der Waals surface area contributed by atoms with Gasteiger partial charge in [-0.2, -0.15) is 0 Å². The summed E-state index contributed by atoms with van der Waals surface area (Å²) in [7, 11) is 0. The maximum Gasteiger partial charge on any atom is 0.222 e. The number of piperidine rings is 2. The topological polar surface area (TPSA) is 60.9 Å². The quantitative estimate of drug-likeness (QED) is 0.823. The highest BCUT2D eigenvalue weighted by Crippen LogP contribution is 2.18. The van der Waals surface area contributed by atoms with Gasteiger partial charge in [0.05, 0.1) is 12.6 Å². The maximum absolute atomic E-state index is 12.2. The molecule has 0 saturated carbocycles. The van der Waals surface area contributed by atoms with E-state index in [-0.39, 0.29) is 24.5 Å². The van der Waals surface area contributed by atoms with Gasteiger partial charge < -0.3 is 14.9 Å². The van der Waals surface area contributed by atoms with Crippen molar-refractivity contribution in [2.45, 2.75) is 57.4 Å². The van der Waals surface area contributed by atoms with Crippen LogP contribution in [-0.2, 0) is 9.59 Å². The normalized spacial score (nSPS) is 24.1. The van der Waals surface area contributed by atoms with Crippen molar-refractivity contribution in [1.82, 2.24) is 9.80 Å². The van der Waals surface area contributed by atoms with Crippen molar-refractivity contribution >= 4 is 11.8 Å². The summed E-state index contributed by atoms with van der Waals surface area (Å²) in [5.74, 6) is 0.364. The van der Waals surface area contributed by atoms with Crippen LogP contribution in [0.3, 0.4) is 0 Å². The fraction of sp³-hybridized carbons (Fsp3) is 0.867. The second kappa shape index (κ2) is 7.62. The molecule has 0 aromatic rings. The SMILES string of the molecule is O=C1CCCCN1CCCC(=O)N1CCCCC1CO. The van der Waals surface area contributed by atoms with Gasteiger partial charge in [-0.1, -0.05) is 0 Å². The zero-order chi connectivity index (χ0) is 14.4. The Kier molecular flexibility index (Phi) is 5.83. The molecule has 2 saturated heterocycles. The third-order valence-electron chi connectivity index (χ3n) is 4.40. The summed E-state index contributed by atoms with van der Waals surface area (Å²) in [4.78, 5) is 27.6. The van der Waals surface area contributed by atoms with Crippen LogP contribution in [0.15, 0.2) is 0 Å². The van der Waals surface area contributed by atoms with Crippen molar-refractivity contribution < 1.29 is 14.7 Å². The van der Waals surface area contributed by atoms with Crippen molar-refractivity contribution in [3.05, 3.63) is 0 Å². The summed E-state index contributed by atoms with van der Waals surface area (Å²) in [6.07, 6.45) is 7.00. The van der Waals surface area contributed by atoms with Crippen molar-refractivity contribution in [3.8, 4) is 0 Å². The first-order valence-electron chi connectivity index (χ1n) is 7.90. The van der Waals surface area contributed by atoms with Crippen molar-refractivity contribution in [2.24, 2.45) is 0 Å². The Bertz CT molecular complexity index is 346. The van der Waals surface area contributed by atoms with E-state index in [1.807, 2.05) is 9.80 Å². The van der Waals surface area contributed by atoms with Gasteiger partial charge in [0.15, 0.2) is 0 Å². The number of nitrogens with zero attached hydrogens (tertiary/aromatic N) is 2. The first-order valence-corrected chi connectivity index (χ1v) is 7.90. The molecule has 2 aliphatic rings. The van der Waals surface area contributed by atoms with Crippen LogP contribution >= 0.6 is 0 Å². The van der Waals surface area contributed by atoms with Crippen LogP contribution in [0, 0.1) is 0 Å². The van der Waals surface area contributed by atoms with Gasteiger partial charge in [-0.3, -0.25) is 9.59 Å². The molecule has 2 heterocycles. The fourth-order valence-electron chi connectivity index (χ4n) is 3.18. The van der Waals surface area contributed by atoms with E-state index in [0.29, 0.717) is 19.4 Å². The number of carbonyl (C=O) groups is 2. The molecular weight excluding hydrogens is 256 g/mol. The second-order valence-electron chi connectivity index (χ2n) is 5.86. The molecule has 20 heavy (non-hydrogen) atoms. The Morgan fingerprint density at radius 3 is 2.75 bits per heavy atom. The largest absolute Gasteiger partial charge is 0.394 e. The van der Waals surface area contributed by atoms with Crippen LogP contribution in [-0.4, -0.2) is 59.0 Å². The lowest BCUT2D eigenvalue weighted by Crippen LogP contribution is -2.45. The zero-order valence-corrected chi connectivity index (χ0v) is 12.2. The van der Waals surface area contributed by atoms with Crippen LogP contribution in [0.5, 0.6) is 0 Å². The van der Waals surface area contributed by atoms with Crippen molar-refractivity contribution in [3.63, 3.8) is 0 Å². The van der Waals surface area contributed by atoms with Crippen LogP contribution < -0.4 is 0 Å². The van der Waals surface area contributed by atoms with E-state index < -0.39 is 0 Å². The van der Waals surface area contributed by atoms with Gasteiger partial charge in [0.25, 0.3) is 0 Å². The Balaban J connectivity index is 1.72. The number of hydrogen-bond acceptors (Lipinski definition) is 3. The van der Waals surface area contributed by atoms with E-state index in [1.165, 1.54) is 0 Å². The standard InChI is InChI=1S/C15H26N2O3/c18-12-13-6-1-4-11-17(13)15(20)8-5-10-16-9-3-2-7-14(16)19/h13,18H,1-12H2.